The summed E-state index contributed by atoms with van der Waals surface area (Å²) in [4.78, 5) is 24.2. The molecule has 3 rings (SSSR count). The second-order valence-corrected chi connectivity index (χ2v) is 6.23. The van der Waals surface area contributed by atoms with Crippen molar-refractivity contribution in [3.05, 3.63) is 40.7 Å². The summed E-state index contributed by atoms with van der Waals surface area (Å²) in [5.74, 6) is 1.15. The summed E-state index contributed by atoms with van der Waals surface area (Å²) < 4.78 is 38.1. The van der Waals surface area contributed by atoms with Crippen molar-refractivity contribution in [2.75, 3.05) is 26.2 Å². The molecule has 1 aliphatic rings. The highest BCUT2D eigenvalue weighted by molar-refractivity contribution is 5.95. The van der Waals surface area contributed by atoms with Crippen molar-refractivity contribution < 1.29 is 18.0 Å². The van der Waals surface area contributed by atoms with Gasteiger partial charge in [0.2, 0.25) is 0 Å². The molecule has 26 heavy (non-hydrogen) atoms. The van der Waals surface area contributed by atoms with Gasteiger partial charge in [-0.1, -0.05) is 0 Å². The summed E-state index contributed by atoms with van der Waals surface area (Å²) in [5, 5.41) is 6.88. The van der Waals surface area contributed by atoms with Gasteiger partial charge in [0, 0.05) is 26.2 Å². The SMILES string of the molecule is Cc1nc(CN2CCN(C(=O)c3ccc(C(F)(F)F)nc3C)CC2)n[nH]1. The van der Waals surface area contributed by atoms with E-state index in [-0.39, 0.29) is 17.2 Å². The molecular weight excluding hydrogens is 349 g/mol. The topological polar surface area (TPSA) is 78.0 Å². The van der Waals surface area contributed by atoms with Gasteiger partial charge < -0.3 is 4.90 Å². The number of nitrogens with zero attached hydrogens (tertiary/aromatic N) is 5. The van der Waals surface area contributed by atoms with Crippen molar-refractivity contribution >= 4 is 5.91 Å². The van der Waals surface area contributed by atoms with E-state index in [1.54, 1.807) is 4.90 Å². The predicted octanol–water partition coefficient (Wildman–Crippen LogP) is 1.79. The largest absolute Gasteiger partial charge is 0.433 e. The number of piperazine rings is 1. The lowest BCUT2D eigenvalue weighted by atomic mass is 10.1. The van der Waals surface area contributed by atoms with Crippen LogP contribution in [0, 0.1) is 13.8 Å². The van der Waals surface area contributed by atoms with Crippen molar-refractivity contribution in [2.24, 2.45) is 0 Å². The van der Waals surface area contributed by atoms with Crippen LogP contribution in [0.25, 0.3) is 0 Å². The number of hydrogen-bond donors (Lipinski definition) is 1. The third kappa shape index (κ3) is 4.01. The molecule has 2 aromatic rings. The molecule has 0 aliphatic carbocycles. The predicted molar refractivity (Wildman–Crippen MR) is 86.3 cm³/mol. The van der Waals surface area contributed by atoms with Crippen LogP contribution >= 0.6 is 0 Å². The van der Waals surface area contributed by atoms with Crippen LogP contribution in [0.1, 0.15) is 33.4 Å². The van der Waals surface area contributed by atoms with Crippen LogP contribution in [-0.4, -0.2) is 62.1 Å². The van der Waals surface area contributed by atoms with Crippen molar-refractivity contribution in [1.82, 2.24) is 30.0 Å². The summed E-state index contributed by atoms with van der Waals surface area (Å²) in [5.41, 5.74) is -0.697. The number of aryl methyl sites for hydroxylation is 2. The zero-order chi connectivity index (χ0) is 18.9. The molecule has 2 aromatic heterocycles. The highest BCUT2D eigenvalue weighted by Crippen LogP contribution is 2.28. The monoisotopic (exact) mass is 368 g/mol. The van der Waals surface area contributed by atoms with E-state index in [0.717, 1.165) is 11.9 Å². The van der Waals surface area contributed by atoms with Crippen LogP contribution in [0.5, 0.6) is 0 Å². The zero-order valence-electron chi connectivity index (χ0n) is 14.5. The van der Waals surface area contributed by atoms with Crippen LogP contribution in [0.2, 0.25) is 0 Å². The molecule has 1 fully saturated rings. The number of nitrogens with one attached hydrogen (secondary N) is 1. The molecule has 1 saturated heterocycles. The minimum absolute atomic E-state index is 0.0865. The van der Waals surface area contributed by atoms with E-state index >= 15 is 0 Å². The fourth-order valence-electron chi connectivity index (χ4n) is 2.88. The third-order valence-corrected chi connectivity index (χ3v) is 4.27. The Bertz CT molecular complexity index is 796. The zero-order valence-corrected chi connectivity index (χ0v) is 14.5. The van der Waals surface area contributed by atoms with E-state index in [1.165, 1.54) is 13.0 Å². The van der Waals surface area contributed by atoms with Gasteiger partial charge in [0.1, 0.15) is 11.5 Å². The average molecular weight is 368 g/mol. The van der Waals surface area contributed by atoms with Crippen molar-refractivity contribution in [1.29, 1.82) is 0 Å². The summed E-state index contributed by atoms with van der Waals surface area (Å²) in [6, 6.07) is 2.05. The van der Waals surface area contributed by atoms with E-state index < -0.39 is 11.9 Å². The number of amides is 1. The van der Waals surface area contributed by atoms with Gasteiger partial charge in [-0.2, -0.15) is 18.3 Å². The molecule has 1 amide bonds. The van der Waals surface area contributed by atoms with Crippen LogP contribution in [0.15, 0.2) is 12.1 Å². The van der Waals surface area contributed by atoms with E-state index in [1.807, 2.05) is 6.92 Å². The quantitative estimate of drug-likeness (QED) is 0.894. The number of H-pyrrole nitrogens is 1. The van der Waals surface area contributed by atoms with Gasteiger partial charge in [-0.25, -0.2) is 9.97 Å². The first kappa shape index (κ1) is 18.3. The molecule has 1 aliphatic heterocycles. The number of carbonyl (C=O) groups is 1. The van der Waals surface area contributed by atoms with Crippen molar-refractivity contribution in [3.63, 3.8) is 0 Å². The van der Waals surface area contributed by atoms with Gasteiger partial charge in [0.05, 0.1) is 17.8 Å². The first-order chi connectivity index (χ1) is 12.2. The summed E-state index contributed by atoms with van der Waals surface area (Å²) in [6.07, 6.45) is -4.52. The standard InChI is InChI=1S/C16H19F3N6O/c1-10-12(3-4-13(20-10)16(17,18)19)15(26)25-7-5-24(6-8-25)9-14-21-11(2)22-23-14/h3-4H,5-9H2,1-2H3,(H,21,22,23). The van der Waals surface area contributed by atoms with E-state index in [4.69, 9.17) is 0 Å². The number of pyridine rings is 1. The van der Waals surface area contributed by atoms with Crippen LogP contribution < -0.4 is 0 Å². The maximum atomic E-state index is 12.7. The van der Waals surface area contributed by atoms with Gasteiger partial charge in [-0.3, -0.25) is 14.8 Å². The molecule has 0 bridgehead atoms. The Kier molecular flexibility index (Phi) is 4.94. The lowest BCUT2D eigenvalue weighted by molar-refractivity contribution is -0.141. The lowest BCUT2D eigenvalue weighted by Gasteiger charge is -2.34. The fourth-order valence-corrected chi connectivity index (χ4v) is 2.88. The second kappa shape index (κ2) is 7.02. The van der Waals surface area contributed by atoms with Gasteiger partial charge >= 0.3 is 6.18 Å². The molecule has 1 N–H and O–H groups in total. The van der Waals surface area contributed by atoms with Gasteiger partial charge in [-0.15, -0.1) is 0 Å². The number of halogens is 3. The number of hydrogen-bond acceptors (Lipinski definition) is 5. The molecular formula is C16H19F3N6O. The third-order valence-electron chi connectivity index (χ3n) is 4.27. The highest BCUT2D eigenvalue weighted by Gasteiger charge is 2.33. The second-order valence-electron chi connectivity index (χ2n) is 6.23. The van der Waals surface area contributed by atoms with Crippen LogP contribution in [0.4, 0.5) is 13.2 Å². The first-order valence-corrected chi connectivity index (χ1v) is 8.18. The van der Waals surface area contributed by atoms with Gasteiger partial charge in [0.25, 0.3) is 5.91 Å². The Morgan fingerprint density at radius 1 is 1.15 bits per heavy atom. The summed E-state index contributed by atoms with van der Waals surface area (Å²) in [7, 11) is 0. The first-order valence-electron chi connectivity index (χ1n) is 8.18. The fraction of sp³-hybridized carbons (Fsp3) is 0.500. The molecule has 0 spiro atoms. The van der Waals surface area contributed by atoms with Crippen molar-refractivity contribution in [2.45, 2.75) is 26.6 Å². The number of aromatic nitrogens is 4. The Morgan fingerprint density at radius 2 is 1.85 bits per heavy atom. The lowest BCUT2D eigenvalue weighted by Crippen LogP contribution is -2.48. The molecule has 3 heterocycles. The maximum absolute atomic E-state index is 12.7. The van der Waals surface area contributed by atoms with E-state index in [9.17, 15) is 18.0 Å². The van der Waals surface area contributed by atoms with E-state index in [0.29, 0.717) is 38.5 Å². The smallest absolute Gasteiger partial charge is 0.336 e. The Hall–Kier alpha value is -2.49. The Morgan fingerprint density at radius 3 is 2.38 bits per heavy atom. The van der Waals surface area contributed by atoms with Crippen molar-refractivity contribution in [3.8, 4) is 0 Å². The van der Waals surface area contributed by atoms with Gasteiger partial charge in [0.15, 0.2) is 5.82 Å². The Balaban J connectivity index is 1.61. The normalized spacial score (nSPS) is 16.1. The molecule has 7 nitrogen and oxygen atoms in total. The minimum atomic E-state index is -4.52. The summed E-state index contributed by atoms with van der Waals surface area (Å²) >= 11 is 0. The molecule has 0 radical (unpaired) electrons. The van der Waals surface area contributed by atoms with Crippen LogP contribution in [0.3, 0.4) is 0 Å². The van der Waals surface area contributed by atoms with Gasteiger partial charge in [-0.05, 0) is 26.0 Å². The molecule has 0 unspecified atom stereocenters. The highest BCUT2D eigenvalue weighted by atomic mass is 19.4. The molecule has 0 atom stereocenters. The number of aromatic amines is 1. The number of rotatable bonds is 3. The molecule has 10 heteroatoms. The minimum Gasteiger partial charge on any atom is -0.336 e. The van der Waals surface area contributed by atoms with E-state index in [2.05, 4.69) is 25.1 Å². The maximum Gasteiger partial charge on any atom is 0.433 e. The molecule has 140 valence electrons. The molecule has 0 aromatic carbocycles. The number of alkyl halides is 3. The number of carbonyl (C=O) groups excluding carboxylic acids is 1. The Labute approximate surface area is 148 Å². The summed E-state index contributed by atoms with van der Waals surface area (Å²) in [6.45, 7) is 6.11. The average Bonchev–Trinajstić information content (AvgIpc) is 2.99. The van der Waals surface area contributed by atoms with Crippen LogP contribution in [-0.2, 0) is 12.7 Å². The molecule has 0 saturated carbocycles.